The molecule has 5 nitrogen and oxygen atoms in total. The van der Waals surface area contributed by atoms with E-state index in [1.54, 1.807) is 30.3 Å². The monoisotopic (exact) mass is 579 g/mol. The van der Waals surface area contributed by atoms with Crippen molar-refractivity contribution in [3.05, 3.63) is 70.8 Å². The number of amides is 1. The minimum absolute atomic E-state index is 0.0170. The smallest absolute Gasteiger partial charge is 0.445 e. The molecule has 2 saturated carbocycles. The second-order valence-corrected chi connectivity index (χ2v) is 12.0. The predicted octanol–water partition coefficient (Wildman–Crippen LogP) is 6.93. The maximum absolute atomic E-state index is 15.1. The molecule has 222 valence electrons. The van der Waals surface area contributed by atoms with Crippen LogP contribution >= 0.6 is 0 Å². The average Bonchev–Trinajstić information content (AvgIpc) is 3.21. The van der Waals surface area contributed by atoms with Crippen LogP contribution < -0.4 is 5.32 Å². The number of hydrogen-bond donors (Lipinski definition) is 2. The van der Waals surface area contributed by atoms with Gasteiger partial charge < -0.3 is 15.2 Å². The molecule has 0 bridgehead atoms. The summed E-state index contributed by atoms with van der Waals surface area (Å²) < 4.78 is 76.5. The lowest BCUT2D eigenvalue weighted by Gasteiger charge is -2.56. The molecule has 41 heavy (non-hydrogen) atoms. The van der Waals surface area contributed by atoms with Gasteiger partial charge >= 0.3 is 18.2 Å². The Morgan fingerprint density at radius 3 is 2.51 bits per heavy atom. The second-order valence-electron chi connectivity index (χ2n) is 12.0. The van der Waals surface area contributed by atoms with Gasteiger partial charge in [0.1, 0.15) is 12.2 Å². The number of ketones is 1. The number of alkyl carbamates (subject to hydrolysis) is 1. The van der Waals surface area contributed by atoms with Crippen molar-refractivity contribution in [1.82, 2.24) is 5.32 Å². The molecule has 10 heteroatoms. The van der Waals surface area contributed by atoms with Crippen LogP contribution in [0, 0.1) is 17.3 Å². The summed E-state index contributed by atoms with van der Waals surface area (Å²) in [4.78, 5) is 24.0. The number of carbonyl (C=O) groups is 2. The van der Waals surface area contributed by atoms with E-state index in [4.69, 9.17) is 4.74 Å². The molecule has 0 aromatic heterocycles. The molecule has 1 amide bonds. The first kappa shape index (κ1) is 29.5. The molecule has 0 spiro atoms. The normalized spacial score (nSPS) is 31.5. The summed E-state index contributed by atoms with van der Waals surface area (Å²) in [5.41, 5.74) is -0.623. The van der Waals surface area contributed by atoms with Gasteiger partial charge in [-0.1, -0.05) is 42.8 Å². The highest BCUT2D eigenvalue weighted by Crippen LogP contribution is 2.70. The van der Waals surface area contributed by atoms with Gasteiger partial charge in [0.15, 0.2) is 5.78 Å². The van der Waals surface area contributed by atoms with Gasteiger partial charge in [0.2, 0.25) is 0 Å². The molecule has 5 atom stereocenters. The number of aliphatic hydroxyl groups is 1. The van der Waals surface area contributed by atoms with Crippen molar-refractivity contribution in [2.75, 3.05) is 6.54 Å². The van der Waals surface area contributed by atoms with Crippen LogP contribution in [0.4, 0.5) is 26.7 Å². The fraction of sp³-hybridized carbons (Fsp3) is 0.548. The number of alkyl halides is 5. The number of halogens is 5. The van der Waals surface area contributed by atoms with Crippen molar-refractivity contribution in [3.63, 3.8) is 0 Å². The van der Waals surface area contributed by atoms with E-state index in [2.05, 4.69) is 11.9 Å². The van der Waals surface area contributed by atoms with Gasteiger partial charge in [-0.05, 0) is 78.7 Å². The Bertz CT molecular complexity index is 1300. The number of fused-ring (bicyclic) bond motifs is 4. The Morgan fingerprint density at radius 1 is 1.15 bits per heavy atom. The zero-order valence-electron chi connectivity index (χ0n) is 22.8. The molecule has 0 radical (unpaired) electrons. The zero-order chi connectivity index (χ0) is 29.8. The third-order valence-corrected chi connectivity index (χ3v) is 9.90. The fourth-order valence-electron chi connectivity index (χ4n) is 7.92. The van der Waals surface area contributed by atoms with Gasteiger partial charge in [-0.25, -0.2) is 4.79 Å². The number of benzene rings is 1. The number of allylic oxidation sites excluding steroid dienone is 4. The van der Waals surface area contributed by atoms with Gasteiger partial charge in [0.05, 0.1) is 0 Å². The highest BCUT2D eigenvalue weighted by molar-refractivity contribution is 5.93. The summed E-state index contributed by atoms with van der Waals surface area (Å²) in [6, 6.07) is 7.03. The van der Waals surface area contributed by atoms with Crippen molar-refractivity contribution in [3.8, 4) is 0 Å². The Kier molecular flexibility index (Phi) is 7.45. The van der Waals surface area contributed by atoms with Gasteiger partial charge in [-0.3, -0.25) is 4.79 Å². The summed E-state index contributed by atoms with van der Waals surface area (Å²) >= 11 is 0. The molecule has 0 heterocycles. The first-order valence-electron chi connectivity index (χ1n) is 14.0. The molecular formula is C31H34F5NO4. The Labute approximate surface area is 235 Å². The predicted molar refractivity (Wildman–Crippen MR) is 141 cm³/mol. The molecule has 0 saturated heterocycles. The summed E-state index contributed by atoms with van der Waals surface area (Å²) in [5.74, 6) is -6.60. The first-order chi connectivity index (χ1) is 19.2. The van der Waals surface area contributed by atoms with Gasteiger partial charge in [-0.2, -0.15) is 22.0 Å². The van der Waals surface area contributed by atoms with E-state index in [1.807, 2.05) is 0 Å². The maximum Gasteiger partial charge on any atom is 0.456 e. The zero-order valence-corrected chi connectivity index (χ0v) is 22.8. The fourth-order valence-corrected chi connectivity index (χ4v) is 7.92. The quantitative estimate of drug-likeness (QED) is 0.283. The standard InChI is InChI=1S/C31H34F5NO4/c1-3-14-37-27(39)41-17-18-4-6-19(7-5-18)24-16-28(2)25(12-13-29(28,40)30(32,33)31(34,35)36)23-10-8-20-15-21(38)9-11-22(20)26(23)24/h3-7,15,23-25,40H,1,8-14,16-17H2,2H3,(H,37,39)/t23?,24-,25?,28+,29+/m1/s1. The molecule has 1 aromatic rings. The Morgan fingerprint density at radius 2 is 1.85 bits per heavy atom. The molecular weight excluding hydrogens is 545 g/mol. The topological polar surface area (TPSA) is 75.6 Å². The Balaban J connectivity index is 1.54. The van der Waals surface area contributed by atoms with Crippen molar-refractivity contribution < 1.29 is 41.4 Å². The van der Waals surface area contributed by atoms with E-state index in [-0.39, 0.29) is 37.7 Å². The number of hydrogen-bond acceptors (Lipinski definition) is 4. The van der Waals surface area contributed by atoms with E-state index in [0.717, 1.165) is 22.3 Å². The number of carbonyl (C=O) groups excluding carboxylic acids is 2. The largest absolute Gasteiger partial charge is 0.456 e. The van der Waals surface area contributed by atoms with E-state index in [1.165, 1.54) is 13.0 Å². The van der Waals surface area contributed by atoms with Crippen LogP contribution in [0.1, 0.15) is 68.9 Å². The highest BCUT2D eigenvalue weighted by atomic mass is 19.4. The third-order valence-electron chi connectivity index (χ3n) is 9.90. The van der Waals surface area contributed by atoms with Crippen LogP contribution in [0.25, 0.3) is 0 Å². The van der Waals surface area contributed by atoms with E-state index >= 15 is 8.78 Å². The molecule has 2 N–H and O–H groups in total. The number of nitrogens with one attached hydrogen (secondary N) is 1. The van der Waals surface area contributed by atoms with Gasteiger partial charge in [-0.15, -0.1) is 6.58 Å². The lowest BCUT2D eigenvalue weighted by molar-refractivity contribution is -0.362. The summed E-state index contributed by atoms with van der Waals surface area (Å²) in [6.45, 7) is 5.15. The number of rotatable bonds is 6. The lowest BCUT2D eigenvalue weighted by Crippen LogP contribution is -2.65. The minimum atomic E-state index is -5.89. The second kappa shape index (κ2) is 10.4. The van der Waals surface area contributed by atoms with Gasteiger partial charge in [0.25, 0.3) is 0 Å². The van der Waals surface area contributed by atoms with Crippen LogP contribution in [0.5, 0.6) is 0 Å². The SMILES string of the molecule is C=CCNC(=O)OCc1ccc([C@H]2C[C@@]3(C)C(CC[C@@]3(O)C(F)(F)C(F)(F)F)C3CCC4=CC(=O)CCC4=C32)cc1. The van der Waals surface area contributed by atoms with E-state index in [9.17, 15) is 27.9 Å². The Hall–Kier alpha value is -3.01. The van der Waals surface area contributed by atoms with Crippen LogP contribution in [-0.2, 0) is 16.1 Å². The van der Waals surface area contributed by atoms with Crippen LogP contribution in [0.2, 0.25) is 0 Å². The number of ether oxygens (including phenoxy) is 1. The summed E-state index contributed by atoms with van der Waals surface area (Å²) in [6.07, 6.45) is -2.11. The van der Waals surface area contributed by atoms with E-state index in [0.29, 0.717) is 31.2 Å². The van der Waals surface area contributed by atoms with Crippen LogP contribution in [0.15, 0.2) is 59.7 Å². The molecule has 5 rings (SSSR count). The summed E-state index contributed by atoms with van der Waals surface area (Å²) in [7, 11) is 0. The van der Waals surface area contributed by atoms with Crippen molar-refractivity contribution in [2.45, 2.75) is 82.1 Å². The first-order valence-corrected chi connectivity index (χ1v) is 14.0. The molecule has 1 aromatic carbocycles. The van der Waals surface area contributed by atoms with Crippen molar-refractivity contribution >= 4 is 11.9 Å². The lowest BCUT2D eigenvalue weighted by atomic mass is 9.50. The van der Waals surface area contributed by atoms with Crippen LogP contribution in [0.3, 0.4) is 0 Å². The molecule has 0 aliphatic heterocycles. The van der Waals surface area contributed by atoms with Gasteiger partial charge in [0, 0.05) is 24.3 Å². The molecule has 4 aliphatic carbocycles. The highest BCUT2D eigenvalue weighted by Gasteiger charge is 2.79. The molecule has 4 aliphatic rings. The summed E-state index contributed by atoms with van der Waals surface area (Å²) in [5, 5.41) is 13.9. The van der Waals surface area contributed by atoms with Crippen molar-refractivity contribution in [1.29, 1.82) is 0 Å². The maximum atomic E-state index is 15.1. The van der Waals surface area contributed by atoms with E-state index < -0.39 is 47.5 Å². The average molecular weight is 580 g/mol. The van der Waals surface area contributed by atoms with Crippen LogP contribution in [-0.4, -0.2) is 41.2 Å². The molecule has 2 fully saturated rings. The third kappa shape index (κ3) is 4.72. The minimum Gasteiger partial charge on any atom is -0.445 e. The van der Waals surface area contributed by atoms with Crippen molar-refractivity contribution in [2.24, 2.45) is 17.3 Å². The molecule has 2 unspecified atom stereocenters.